The van der Waals surface area contributed by atoms with Crippen LogP contribution in [0.25, 0.3) is 0 Å². The molecule has 1 aliphatic rings. The minimum absolute atomic E-state index is 0.127. The van der Waals surface area contributed by atoms with Crippen molar-refractivity contribution in [1.29, 1.82) is 0 Å². The molecule has 20 heavy (non-hydrogen) atoms. The number of carbonyl (C=O) groups is 2. The zero-order valence-electron chi connectivity index (χ0n) is 12.9. The third-order valence-corrected chi connectivity index (χ3v) is 4.03. The van der Waals surface area contributed by atoms with Crippen LogP contribution in [0.5, 0.6) is 0 Å². The van der Waals surface area contributed by atoms with Gasteiger partial charge in [-0.25, -0.2) is 9.59 Å². The van der Waals surface area contributed by atoms with E-state index < -0.39 is 12.0 Å². The summed E-state index contributed by atoms with van der Waals surface area (Å²) in [5.41, 5.74) is 0. The third-order valence-electron chi connectivity index (χ3n) is 4.03. The van der Waals surface area contributed by atoms with Gasteiger partial charge in [-0.2, -0.15) is 0 Å². The van der Waals surface area contributed by atoms with E-state index in [1.54, 1.807) is 18.7 Å². The fourth-order valence-corrected chi connectivity index (χ4v) is 2.36. The maximum Gasteiger partial charge on any atom is 0.326 e. The highest BCUT2D eigenvalue weighted by Gasteiger charge is 2.28. The highest BCUT2D eigenvalue weighted by Crippen LogP contribution is 2.10. The van der Waals surface area contributed by atoms with E-state index in [1.807, 2.05) is 0 Å². The molecule has 0 saturated carbocycles. The number of hydrogen-bond donors (Lipinski definition) is 2. The predicted octanol–water partition coefficient (Wildman–Crippen LogP) is 1.22. The standard InChI is InChI=1S/C14H27N3O3/c1-5-11(4)16-6-8-17(9-7-16)14(20)15-12(10(2)3)13(18)19/h10-12H,5-9H2,1-4H3,(H,15,20)(H,18,19). The first-order valence-electron chi connectivity index (χ1n) is 7.39. The molecular weight excluding hydrogens is 258 g/mol. The van der Waals surface area contributed by atoms with E-state index in [2.05, 4.69) is 24.1 Å². The second kappa shape index (κ2) is 7.47. The molecule has 1 aliphatic heterocycles. The minimum Gasteiger partial charge on any atom is -0.480 e. The van der Waals surface area contributed by atoms with Gasteiger partial charge < -0.3 is 15.3 Å². The molecule has 2 unspecified atom stereocenters. The lowest BCUT2D eigenvalue weighted by molar-refractivity contribution is -0.140. The van der Waals surface area contributed by atoms with Crippen molar-refractivity contribution in [2.24, 2.45) is 5.92 Å². The fraction of sp³-hybridized carbons (Fsp3) is 0.857. The molecule has 6 nitrogen and oxygen atoms in total. The van der Waals surface area contributed by atoms with Gasteiger partial charge in [0.25, 0.3) is 0 Å². The van der Waals surface area contributed by atoms with Gasteiger partial charge >= 0.3 is 12.0 Å². The van der Waals surface area contributed by atoms with Gasteiger partial charge in [0.2, 0.25) is 0 Å². The normalized spacial score (nSPS) is 19.8. The molecule has 0 aliphatic carbocycles. The van der Waals surface area contributed by atoms with Gasteiger partial charge in [0, 0.05) is 32.2 Å². The summed E-state index contributed by atoms with van der Waals surface area (Å²) in [6.07, 6.45) is 1.10. The van der Waals surface area contributed by atoms with Crippen molar-refractivity contribution in [3.8, 4) is 0 Å². The van der Waals surface area contributed by atoms with Crippen molar-refractivity contribution < 1.29 is 14.7 Å². The molecule has 0 spiro atoms. The van der Waals surface area contributed by atoms with Crippen LogP contribution in [0.3, 0.4) is 0 Å². The van der Waals surface area contributed by atoms with Crippen molar-refractivity contribution >= 4 is 12.0 Å². The first-order chi connectivity index (χ1) is 9.36. The van der Waals surface area contributed by atoms with Gasteiger partial charge in [-0.05, 0) is 19.3 Å². The van der Waals surface area contributed by atoms with Crippen LogP contribution in [-0.2, 0) is 4.79 Å². The first kappa shape index (κ1) is 16.8. The summed E-state index contributed by atoms with van der Waals surface area (Å²) in [6.45, 7) is 10.9. The SMILES string of the molecule is CCC(C)N1CCN(C(=O)NC(C(=O)O)C(C)C)CC1. The monoisotopic (exact) mass is 285 g/mol. The van der Waals surface area contributed by atoms with Crippen LogP contribution in [0.4, 0.5) is 4.79 Å². The van der Waals surface area contributed by atoms with Crippen molar-refractivity contribution in [3.63, 3.8) is 0 Å². The zero-order valence-corrected chi connectivity index (χ0v) is 12.9. The molecule has 2 amide bonds. The molecule has 1 heterocycles. The Balaban J connectivity index is 2.48. The molecule has 2 N–H and O–H groups in total. The maximum absolute atomic E-state index is 12.1. The van der Waals surface area contributed by atoms with Crippen LogP contribution in [0.15, 0.2) is 0 Å². The maximum atomic E-state index is 12.1. The highest BCUT2D eigenvalue weighted by molar-refractivity contribution is 5.82. The van der Waals surface area contributed by atoms with Gasteiger partial charge in [0.05, 0.1) is 0 Å². The van der Waals surface area contributed by atoms with Crippen LogP contribution < -0.4 is 5.32 Å². The molecule has 1 rings (SSSR count). The Hall–Kier alpha value is -1.30. The average Bonchev–Trinajstić information content (AvgIpc) is 2.43. The second-order valence-electron chi connectivity index (χ2n) is 5.79. The van der Waals surface area contributed by atoms with E-state index in [4.69, 9.17) is 5.11 Å². The molecule has 116 valence electrons. The van der Waals surface area contributed by atoms with Crippen molar-refractivity contribution in [3.05, 3.63) is 0 Å². The summed E-state index contributed by atoms with van der Waals surface area (Å²) in [6, 6.07) is -0.562. The minimum atomic E-state index is -0.980. The summed E-state index contributed by atoms with van der Waals surface area (Å²) in [5, 5.41) is 11.7. The van der Waals surface area contributed by atoms with Crippen LogP contribution in [0.1, 0.15) is 34.1 Å². The Kier molecular flexibility index (Phi) is 6.26. The molecule has 1 fully saturated rings. The molecule has 0 aromatic heterocycles. The van der Waals surface area contributed by atoms with E-state index in [0.29, 0.717) is 19.1 Å². The number of nitrogens with zero attached hydrogens (tertiary/aromatic N) is 2. The number of amides is 2. The largest absolute Gasteiger partial charge is 0.480 e. The topological polar surface area (TPSA) is 72.9 Å². The van der Waals surface area contributed by atoms with Crippen molar-refractivity contribution in [2.75, 3.05) is 26.2 Å². The Morgan fingerprint density at radius 2 is 1.70 bits per heavy atom. The number of rotatable bonds is 5. The lowest BCUT2D eigenvalue weighted by Crippen LogP contribution is -2.56. The number of carboxylic acids is 1. The van der Waals surface area contributed by atoms with Crippen molar-refractivity contribution in [1.82, 2.24) is 15.1 Å². The van der Waals surface area contributed by atoms with Crippen LogP contribution in [-0.4, -0.2) is 65.2 Å². The Labute approximate surface area is 121 Å². The smallest absolute Gasteiger partial charge is 0.326 e. The van der Waals surface area contributed by atoms with Crippen LogP contribution >= 0.6 is 0 Å². The first-order valence-corrected chi connectivity index (χ1v) is 7.39. The van der Waals surface area contributed by atoms with E-state index in [-0.39, 0.29) is 11.9 Å². The number of carboxylic acid groups (broad SMARTS) is 1. The predicted molar refractivity (Wildman–Crippen MR) is 77.7 cm³/mol. The zero-order chi connectivity index (χ0) is 15.3. The van der Waals surface area contributed by atoms with Crippen molar-refractivity contribution in [2.45, 2.75) is 46.2 Å². The third kappa shape index (κ3) is 4.37. The summed E-state index contributed by atoms with van der Waals surface area (Å²) < 4.78 is 0. The quantitative estimate of drug-likeness (QED) is 0.796. The summed E-state index contributed by atoms with van der Waals surface area (Å²) in [7, 11) is 0. The number of urea groups is 1. The summed E-state index contributed by atoms with van der Waals surface area (Å²) in [4.78, 5) is 27.3. The molecule has 6 heteroatoms. The van der Waals surface area contributed by atoms with Gasteiger partial charge in [0.1, 0.15) is 6.04 Å². The molecule has 0 aromatic rings. The molecular formula is C14H27N3O3. The molecule has 2 atom stereocenters. The lowest BCUT2D eigenvalue weighted by atomic mass is 10.1. The van der Waals surface area contributed by atoms with E-state index >= 15 is 0 Å². The average molecular weight is 285 g/mol. The van der Waals surface area contributed by atoms with Crippen LogP contribution in [0.2, 0.25) is 0 Å². The Morgan fingerprint density at radius 3 is 2.10 bits per heavy atom. The van der Waals surface area contributed by atoms with Gasteiger partial charge in [-0.3, -0.25) is 4.90 Å². The number of nitrogens with one attached hydrogen (secondary N) is 1. The summed E-state index contributed by atoms with van der Waals surface area (Å²) >= 11 is 0. The fourth-order valence-electron chi connectivity index (χ4n) is 2.36. The van der Waals surface area contributed by atoms with Gasteiger partial charge in [-0.15, -0.1) is 0 Å². The number of piperazine rings is 1. The second-order valence-corrected chi connectivity index (χ2v) is 5.79. The Morgan fingerprint density at radius 1 is 1.15 bits per heavy atom. The Bertz CT molecular complexity index is 339. The number of aliphatic carboxylic acids is 1. The molecule has 0 radical (unpaired) electrons. The van der Waals surface area contributed by atoms with Gasteiger partial charge in [-0.1, -0.05) is 20.8 Å². The summed E-state index contributed by atoms with van der Waals surface area (Å²) in [5.74, 6) is -1.11. The van der Waals surface area contributed by atoms with Gasteiger partial charge in [0.15, 0.2) is 0 Å². The number of hydrogen-bond acceptors (Lipinski definition) is 3. The van der Waals surface area contributed by atoms with E-state index in [0.717, 1.165) is 19.5 Å². The molecule has 1 saturated heterocycles. The lowest BCUT2D eigenvalue weighted by Gasteiger charge is -2.38. The number of carbonyl (C=O) groups excluding carboxylic acids is 1. The van der Waals surface area contributed by atoms with E-state index in [1.165, 1.54) is 0 Å². The highest BCUT2D eigenvalue weighted by atomic mass is 16.4. The van der Waals surface area contributed by atoms with E-state index in [9.17, 15) is 9.59 Å². The molecule has 0 bridgehead atoms. The van der Waals surface area contributed by atoms with Crippen LogP contribution in [0, 0.1) is 5.92 Å². The molecule has 0 aromatic carbocycles.